The van der Waals surface area contributed by atoms with Gasteiger partial charge in [-0.1, -0.05) is 0 Å². The molecule has 6 nitrogen and oxygen atoms in total. The first kappa shape index (κ1) is 13.8. The highest BCUT2D eigenvalue weighted by molar-refractivity contribution is 5.69. The van der Waals surface area contributed by atoms with Crippen LogP contribution < -0.4 is 0 Å². The number of hydrogen-bond acceptors (Lipinski definition) is 6. The van der Waals surface area contributed by atoms with Gasteiger partial charge in [0.2, 0.25) is 6.29 Å². The summed E-state index contributed by atoms with van der Waals surface area (Å²) in [4.78, 5) is 22.1. The summed E-state index contributed by atoms with van der Waals surface area (Å²) in [6.45, 7) is 2.77. The predicted molar refractivity (Wildman–Crippen MR) is 57.3 cm³/mol. The second-order valence-electron chi connectivity index (χ2n) is 3.57. The van der Waals surface area contributed by atoms with Gasteiger partial charge >= 0.3 is 12.1 Å². The fraction of sp³-hybridized carbons (Fsp3) is 0.818. The summed E-state index contributed by atoms with van der Waals surface area (Å²) >= 11 is 0. The number of hydrogen-bond donors (Lipinski definition) is 0. The molecule has 0 amide bonds. The largest absolute Gasteiger partial charge is 0.508 e. The number of ether oxygens (including phenoxy) is 4. The fourth-order valence-corrected chi connectivity index (χ4v) is 1.38. The highest BCUT2D eigenvalue weighted by Gasteiger charge is 2.19. The standard InChI is InChI=1S/C11H18O6/c1-2-14-11(13)16-8-3-5-9(12)17-10-6-4-7-15-10/h10H,2-8H2,1H3. The molecule has 1 saturated heterocycles. The molecule has 0 aliphatic carbocycles. The fourth-order valence-electron chi connectivity index (χ4n) is 1.38. The Labute approximate surface area is 100 Å². The Morgan fingerprint density at radius 3 is 2.82 bits per heavy atom. The number of carbonyl (C=O) groups is 2. The van der Waals surface area contributed by atoms with Crippen LogP contribution in [-0.2, 0) is 23.7 Å². The molecule has 1 aliphatic heterocycles. The lowest BCUT2D eigenvalue weighted by Gasteiger charge is -2.10. The molecule has 1 unspecified atom stereocenters. The Morgan fingerprint density at radius 1 is 1.35 bits per heavy atom. The maximum atomic E-state index is 11.3. The molecule has 6 heteroatoms. The molecule has 0 spiro atoms. The molecule has 17 heavy (non-hydrogen) atoms. The lowest BCUT2D eigenvalue weighted by molar-refractivity contribution is -0.170. The van der Waals surface area contributed by atoms with E-state index in [0.29, 0.717) is 13.0 Å². The summed E-state index contributed by atoms with van der Waals surface area (Å²) < 4.78 is 19.4. The summed E-state index contributed by atoms with van der Waals surface area (Å²) in [5.74, 6) is -0.329. The van der Waals surface area contributed by atoms with Crippen molar-refractivity contribution in [2.75, 3.05) is 19.8 Å². The lowest BCUT2D eigenvalue weighted by Crippen LogP contribution is -2.17. The van der Waals surface area contributed by atoms with Crippen molar-refractivity contribution in [3.63, 3.8) is 0 Å². The van der Waals surface area contributed by atoms with E-state index in [1.54, 1.807) is 6.92 Å². The van der Waals surface area contributed by atoms with E-state index in [9.17, 15) is 9.59 Å². The monoisotopic (exact) mass is 246 g/mol. The van der Waals surface area contributed by atoms with Crippen LogP contribution in [0, 0.1) is 0 Å². The van der Waals surface area contributed by atoms with E-state index in [-0.39, 0.29) is 25.6 Å². The molecule has 0 bridgehead atoms. The van der Waals surface area contributed by atoms with E-state index >= 15 is 0 Å². The van der Waals surface area contributed by atoms with Crippen molar-refractivity contribution >= 4 is 12.1 Å². The molecule has 0 radical (unpaired) electrons. The van der Waals surface area contributed by atoms with Crippen LogP contribution in [0.15, 0.2) is 0 Å². The molecule has 1 fully saturated rings. The second kappa shape index (κ2) is 7.89. The first-order chi connectivity index (χ1) is 8.22. The van der Waals surface area contributed by atoms with Gasteiger partial charge in [-0.15, -0.1) is 0 Å². The maximum absolute atomic E-state index is 11.3. The number of carbonyl (C=O) groups excluding carboxylic acids is 2. The van der Waals surface area contributed by atoms with Crippen LogP contribution in [0.3, 0.4) is 0 Å². The van der Waals surface area contributed by atoms with E-state index in [4.69, 9.17) is 14.2 Å². The van der Waals surface area contributed by atoms with E-state index in [2.05, 4.69) is 4.74 Å². The number of esters is 1. The molecule has 0 aromatic rings. The SMILES string of the molecule is CCOC(=O)OCCCC(=O)OC1CCCO1. The first-order valence-electron chi connectivity index (χ1n) is 5.83. The highest BCUT2D eigenvalue weighted by atomic mass is 16.7. The van der Waals surface area contributed by atoms with E-state index in [1.165, 1.54) is 0 Å². The molecular formula is C11H18O6. The first-order valence-corrected chi connectivity index (χ1v) is 5.83. The van der Waals surface area contributed by atoms with Crippen LogP contribution in [0.1, 0.15) is 32.6 Å². The molecule has 0 saturated carbocycles. The maximum Gasteiger partial charge on any atom is 0.508 e. The van der Waals surface area contributed by atoms with Crippen LogP contribution >= 0.6 is 0 Å². The topological polar surface area (TPSA) is 71.1 Å². The zero-order valence-corrected chi connectivity index (χ0v) is 9.98. The normalized spacial score (nSPS) is 18.8. The van der Waals surface area contributed by atoms with Crippen LogP contribution in [0.25, 0.3) is 0 Å². The summed E-state index contributed by atoms with van der Waals surface area (Å²) in [7, 11) is 0. The molecule has 1 rings (SSSR count). The van der Waals surface area contributed by atoms with Crippen molar-refractivity contribution in [3.05, 3.63) is 0 Å². The minimum Gasteiger partial charge on any atom is -0.436 e. The molecule has 0 N–H and O–H groups in total. The van der Waals surface area contributed by atoms with Crippen molar-refractivity contribution in [1.29, 1.82) is 0 Å². The molecular weight excluding hydrogens is 228 g/mol. The second-order valence-corrected chi connectivity index (χ2v) is 3.57. The van der Waals surface area contributed by atoms with E-state index < -0.39 is 12.4 Å². The van der Waals surface area contributed by atoms with Crippen LogP contribution in [-0.4, -0.2) is 38.2 Å². The van der Waals surface area contributed by atoms with Gasteiger partial charge in [-0.25, -0.2) is 4.79 Å². The molecule has 0 aromatic heterocycles. The number of rotatable bonds is 6. The van der Waals surface area contributed by atoms with Crippen molar-refractivity contribution in [3.8, 4) is 0 Å². The van der Waals surface area contributed by atoms with Gasteiger partial charge < -0.3 is 18.9 Å². The smallest absolute Gasteiger partial charge is 0.436 e. The third-order valence-corrected chi connectivity index (χ3v) is 2.16. The summed E-state index contributed by atoms with van der Waals surface area (Å²) in [6, 6.07) is 0. The highest BCUT2D eigenvalue weighted by Crippen LogP contribution is 2.14. The average molecular weight is 246 g/mol. The third kappa shape index (κ3) is 6.11. The van der Waals surface area contributed by atoms with Gasteiger partial charge in [0.15, 0.2) is 0 Å². The molecule has 98 valence electrons. The van der Waals surface area contributed by atoms with Crippen molar-refractivity contribution in [2.45, 2.75) is 38.9 Å². The van der Waals surface area contributed by atoms with E-state index in [1.807, 2.05) is 0 Å². The molecule has 1 heterocycles. The van der Waals surface area contributed by atoms with Crippen molar-refractivity contribution in [2.24, 2.45) is 0 Å². The molecule has 1 atom stereocenters. The molecule has 0 aromatic carbocycles. The minimum atomic E-state index is -0.708. The molecule has 1 aliphatic rings. The van der Waals surface area contributed by atoms with Gasteiger partial charge in [-0.05, 0) is 19.8 Å². The van der Waals surface area contributed by atoms with Crippen LogP contribution in [0.4, 0.5) is 4.79 Å². The quantitative estimate of drug-likeness (QED) is 0.524. The third-order valence-electron chi connectivity index (χ3n) is 2.16. The van der Waals surface area contributed by atoms with Gasteiger partial charge in [0.25, 0.3) is 0 Å². The Kier molecular flexibility index (Phi) is 6.39. The van der Waals surface area contributed by atoms with Crippen molar-refractivity contribution in [1.82, 2.24) is 0 Å². The van der Waals surface area contributed by atoms with Gasteiger partial charge in [-0.3, -0.25) is 4.79 Å². The minimum absolute atomic E-state index is 0.152. The Morgan fingerprint density at radius 2 is 2.18 bits per heavy atom. The summed E-state index contributed by atoms with van der Waals surface area (Å²) in [6.07, 6.45) is 1.20. The van der Waals surface area contributed by atoms with Gasteiger partial charge in [0.1, 0.15) is 0 Å². The van der Waals surface area contributed by atoms with Gasteiger partial charge in [-0.2, -0.15) is 0 Å². The van der Waals surface area contributed by atoms with Gasteiger partial charge in [0, 0.05) is 12.8 Å². The summed E-state index contributed by atoms with van der Waals surface area (Å²) in [5, 5.41) is 0. The average Bonchev–Trinajstić information content (AvgIpc) is 2.77. The van der Waals surface area contributed by atoms with Crippen LogP contribution in [0.5, 0.6) is 0 Å². The Balaban J connectivity index is 1.98. The summed E-state index contributed by atoms with van der Waals surface area (Å²) in [5.41, 5.74) is 0. The lowest BCUT2D eigenvalue weighted by atomic mass is 10.3. The van der Waals surface area contributed by atoms with Gasteiger partial charge in [0.05, 0.1) is 19.8 Å². The van der Waals surface area contributed by atoms with Crippen LogP contribution in [0.2, 0.25) is 0 Å². The predicted octanol–water partition coefficient (Wildman–Crippen LogP) is 1.62. The zero-order chi connectivity index (χ0) is 12.5. The van der Waals surface area contributed by atoms with E-state index in [0.717, 1.165) is 12.8 Å². The zero-order valence-electron chi connectivity index (χ0n) is 9.98. The Bertz CT molecular complexity index is 246. The van der Waals surface area contributed by atoms with Crippen molar-refractivity contribution < 1.29 is 28.5 Å². The Hall–Kier alpha value is -1.30.